The predicted molar refractivity (Wildman–Crippen MR) is 55.9 cm³/mol. The number of carboxylic acid groups (broad SMARTS) is 1. The maximum atomic E-state index is 10.9. The van der Waals surface area contributed by atoms with Gasteiger partial charge in [0.1, 0.15) is 5.94 Å². The first-order valence-corrected chi connectivity index (χ1v) is 5.44. The minimum Gasteiger partial charge on any atom is -0.465 e. The average Bonchev–Trinajstić information content (AvgIpc) is 2.56. The second-order valence-electron chi connectivity index (χ2n) is 4.52. The van der Waals surface area contributed by atoms with E-state index in [0.29, 0.717) is 38.1 Å². The van der Waals surface area contributed by atoms with Crippen LogP contribution in [-0.2, 0) is 9.53 Å². The number of carbonyl (C=O) groups excluding carboxylic acids is 1. The number of nitrogens with zero attached hydrogens (tertiary/aromatic N) is 1. The molecule has 88 valence electrons. The number of likely N-dealkylation sites (tertiary alicyclic amines) is 1. The van der Waals surface area contributed by atoms with Crippen LogP contribution in [0.15, 0.2) is 5.57 Å². The van der Waals surface area contributed by atoms with Gasteiger partial charge in [0.25, 0.3) is 0 Å². The van der Waals surface area contributed by atoms with Gasteiger partial charge in [-0.25, -0.2) is 9.59 Å². The number of ether oxygens (including phenoxy) is 1. The highest BCUT2D eigenvalue weighted by Crippen LogP contribution is 2.44. The van der Waals surface area contributed by atoms with Gasteiger partial charge in [-0.3, -0.25) is 0 Å². The molecule has 0 bridgehead atoms. The van der Waals surface area contributed by atoms with Crippen molar-refractivity contribution in [2.75, 3.05) is 19.7 Å². The number of hydrogen-bond acceptors (Lipinski definition) is 3. The van der Waals surface area contributed by atoms with Crippen LogP contribution in [0.4, 0.5) is 4.79 Å². The summed E-state index contributed by atoms with van der Waals surface area (Å²) in [6.07, 6.45) is 0.259. The summed E-state index contributed by atoms with van der Waals surface area (Å²) in [5.74, 6) is 1.99. The van der Waals surface area contributed by atoms with Crippen LogP contribution in [-0.4, -0.2) is 47.8 Å². The van der Waals surface area contributed by atoms with Crippen LogP contribution in [0.2, 0.25) is 0 Å². The molecular formula is C11H15NO4. The number of rotatable bonds is 0. The third-order valence-electron chi connectivity index (χ3n) is 3.69. The van der Waals surface area contributed by atoms with Gasteiger partial charge in [-0.15, -0.1) is 0 Å². The molecule has 1 atom stereocenters. The topological polar surface area (TPSA) is 66.8 Å². The zero-order valence-corrected chi connectivity index (χ0v) is 9.23. The molecule has 5 heteroatoms. The number of carbonyl (C=O) groups is 1. The predicted octanol–water partition coefficient (Wildman–Crippen LogP) is 0.923. The van der Waals surface area contributed by atoms with Gasteiger partial charge in [0.2, 0.25) is 0 Å². The summed E-state index contributed by atoms with van der Waals surface area (Å²) in [5.41, 5.74) is 0.421. The fraction of sp³-hybridized carbons (Fsp3) is 0.727. The lowest BCUT2D eigenvalue weighted by molar-refractivity contribution is 0.0682. The van der Waals surface area contributed by atoms with E-state index in [0.717, 1.165) is 0 Å². The molecule has 0 saturated carbocycles. The number of amides is 1. The fourth-order valence-corrected chi connectivity index (χ4v) is 2.61. The second-order valence-corrected chi connectivity index (χ2v) is 4.52. The number of hydrogen-bond donors (Lipinski definition) is 1. The van der Waals surface area contributed by atoms with E-state index in [9.17, 15) is 9.59 Å². The first kappa shape index (κ1) is 11.2. The maximum Gasteiger partial charge on any atom is 0.407 e. The lowest BCUT2D eigenvalue weighted by Crippen LogP contribution is -2.43. The Kier molecular flexibility index (Phi) is 2.74. The van der Waals surface area contributed by atoms with Gasteiger partial charge in [-0.2, -0.15) is 0 Å². The molecule has 2 saturated heterocycles. The molecule has 0 radical (unpaired) electrons. The average molecular weight is 225 g/mol. The third-order valence-corrected chi connectivity index (χ3v) is 3.69. The van der Waals surface area contributed by atoms with Crippen molar-refractivity contribution in [1.29, 1.82) is 0 Å². The molecule has 0 unspecified atom stereocenters. The van der Waals surface area contributed by atoms with Crippen molar-refractivity contribution in [2.24, 2.45) is 5.41 Å². The molecule has 0 aromatic heterocycles. The van der Waals surface area contributed by atoms with Crippen LogP contribution in [0.3, 0.4) is 0 Å². The Hall–Kier alpha value is -1.32. The molecule has 1 amide bonds. The summed E-state index contributed by atoms with van der Waals surface area (Å²) in [4.78, 5) is 23.1. The van der Waals surface area contributed by atoms with E-state index in [1.54, 1.807) is 0 Å². The normalized spacial score (nSPS) is 28.2. The largest absolute Gasteiger partial charge is 0.465 e. The zero-order valence-electron chi connectivity index (χ0n) is 9.23. The molecule has 0 aliphatic carbocycles. The van der Waals surface area contributed by atoms with E-state index in [1.165, 1.54) is 4.90 Å². The molecule has 2 fully saturated rings. The van der Waals surface area contributed by atoms with Crippen LogP contribution in [0, 0.1) is 5.41 Å². The fourth-order valence-electron chi connectivity index (χ4n) is 2.61. The Morgan fingerprint density at radius 1 is 1.56 bits per heavy atom. The molecule has 2 heterocycles. The Morgan fingerprint density at radius 2 is 2.19 bits per heavy atom. The van der Waals surface area contributed by atoms with Gasteiger partial charge in [0.05, 0.1) is 18.3 Å². The highest BCUT2D eigenvalue weighted by atomic mass is 16.5. The van der Waals surface area contributed by atoms with Crippen molar-refractivity contribution in [1.82, 2.24) is 4.90 Å². The lowest BCUT2D eigenvalue weighted by atomic mass is 9.74. The molecule has 0 aromatic rings. The van der Waals surface area contributed by atoms with Crippen molar-refractivity contribution in [3.63, 3.8) is 0 Å². The van der Waals surface area contributed by atoms with Gasteiger partial charge >= 0.3 is 6.09 Å². The van der Waals surface area contributed by atoms with E-state index in [1.807, 2.05) is 12.9 Å². The van der Waals surface area contributed by atoms with Crippen LogP contribution in [0.5, 0.6) is 0 Å². The number of piperidine rings is 1. The molecular weight excluding hydrogens is 210 g/mol. The van der Waals surface area contributed by atoms with Crippen LogP contribution in [0.25, 0.3) is 0 Å². The van der Waals surface area contributed by atoms with Gasteiger partial charge in [0.15, 0.2) is 0 Å². The molecule has 5 nitrogen and oxygen atoms in total. The maximum absolute atomic E-state index is 10.9. The quantitative estimate of drug-likeness (QED) is 0.622. The van der Waals surface area contributed by atoms with E-state index in [2.05, 4.69) is 0 Å². The molecule has 2 rings (SSSR count). The Morgan fingerprint density at radius 3 is 2.69 bits per heavy atom. The van der Waals surface area contributed by atoms with E-state index in [-0.39, 0.29) is 11.5 Å². The SMILES string of the molecule is C[C@H]1OCC2(CCN(C(=O)O)CC2)C1=C=O. The Balaban J connectivity index is 2.13. The summed E-state index contributed by atoms with van der Waals surface area (Å²) in [5, 5.41) is 8.86. The summed E-state index contributed by atoms with van der Waals surface area (Å²) >= 11 is 0. The highest BCUT2D eigenvalue weighted by Gasteiger charge is 2.46. The van der Waals surface area contributed by atoms with E-state index >= 15 is 0 Å². The Labute approximate surface area is 93.7 Å². The third kappa shape index (κ3) is 1.62. The molecule has 1 N–H and O–H groups in total. The summed E-state index contributed by atoms with van der Waals surface area (Å²) in [6.45, 7) is 3.30. The van der Waals surface area contributed by atoms with Crippen LogP contribution >= 0.6 is 0 Å². The summed E-state index contributed by atoms with van der Waals surface area (Å²) in [6, 6.07) is 0. The van der Waals surface area contributed by atoms with E-state index in [4.69, 9.17) is 9.84 Å². The minimum absolute atomic E-state index is 0.172. The van der Waals surface area contributed by atoms with Crippen molar-refractivity contribution >= 4 is 12.0 Å². The summed E-state index contributed by atoms with van der Waals surface area (Å²) in [7, 11) is 0. The monoisotopic (exact) mass is 225 g/mol. The first-order chi connectivity index (χ1) is 7.59. The standard InChI is InChI=1S/C11H15NO4/c1-8-9(6-13)11(7-16-8)2-4-12(5-3-11)10(14)15/h8H,2-5,7H2,1H3,(H,14,15)/t8-/m1/s1. The highest BCUT2D eigenvalue weighted by molar-refractivity contribution is 5.65. The van der Waals surface area contributed by atoms with Crippen molar-refractivity contribution in [3.8, 4) is 0 Å². The van der Waals surface area contributed by atoms with Gasteiger partial charge < -0.3 is 14.7 Å². The molecule has 16 heavy (non-hydrogen) atoms. The van der Waals surface area contributed by atoms with Crippen molar-refractivity contribution < 1.29 is 19.4 Å². The molecule has 2 aliphatic heterocycles. The smallest absolute Gasteiger partial charge is 0.407 e. The molecule has 2 aliphatic rings. The van der Waals surface area contributed by atoms with Crippen LogP contribution < -0.4 is 0 Å². The van der Waals surface area contributed by atoms with Gasteiger partial charge in [0, 0.05) is 18.5 Å². The van der Waals surface area contributed by atoms with Crippen molar-refractivity contribution in [3.05, 3.63) is 5.57 Å². The Bertz CT molecular complexity index is 351. The summed E-state index contributed by atoms with van der Waals surface area (Å²) < 4.78 is 5.48. The van der Waals surface area contributed by atoms with Crippen molar-refractivity contribution in [2.45, 2.75) is 25.9 Å². The minimum atomic E-state index is -0.890. The van der Waals surface area contributed by atoms with Gasteiger partial charge in [-0.05, 0) is 19.8 Å². The van der Waals surface area contributed by atoms with Crippen LogP contribution in [0.1, 0.15) is 19.8 Å². The molecule has 0 aromatic carbocycles. The van der Waals surface area contributed by atoms with E-state index < -0.39 is 6.09 Å². The second kappa shape index (κ2) is 3.92. The first-order valence-electron chi connectivity index (χ1n) is 5.44. The molecule has 1 spiro atoms. The lowest BCUT2D eigenvalue weighted by Gasteiger charge is -2.37. The zero-order chi connectivity index (χ0) is 11.8. The van der Waals surface area contributed by atoms with Gasteiger partial charge in [-0.1, -0.05) is 0 Å².